The van der Waals surface area contributed by atoms with E-state index in [0.717, 1.165) is 16.9 Å². The molecule has 3 N–H and O–H groups in total. The topological polar surface area (TPSA) is 71.2 Å². The van der Waals surface area contributed by atoms with Crippen LogP contribution in [0.2, 0.25) is 0 Å². The Hall–Kier alpha value is -2.56. The largest absolute Gasteiger partial charge is 0.399 e. The fourth-order valence-corrected chi connectivity index (χ4v) is 2.04. The first kappa shape index (κ1) is 16.8. The molecular weight excluding hydrogens is 288 g/mol. The summed E-state index contributed by atoms with van der Waals surface area (Å²) in [6, 6.07) is 9.39. The second-order valence-electron chi connectivity index (χ2n) is 6.80. The molecule has 1 aromatic heterocycles. The van der Waals surface area contributed by atoms with Crippen molar-refractivity contribution in [3.05, 3.63) is 36.5 Å². The van der Waals surface area contributed by atoms with Crippen molar-refractivity contribution in [2.75, 3.05) is 30.0 Å². The van der Waals surface area contributed by atoms with Gasteiger partial charge in [-0.1, -0.05) is 20.8 Å². The number of anilines is 3. The van der Waals surface area contributed by atoms with Crippen LogP contribution < -0.4 is 16.0 Å². The number of rotatable bonds is 3. The van der Waals surface area contributed by atoms with Crippen LogP contribution in [0.15, 0.2) is 36.5 Å². The Balaban J connectivity index is 2.47. The minimum atomic E-state index is -0.485. The minimum Gasteiger partial charge on any atom is -0.399 e. The van der Waals surface area contributed by atoms with Gasteiger partial charge in [0.2, 0.25) is 5.91 Å². The normalized spacial score (nSPS) is 11.2. The van der Waals surface area contributed by atoms with Crippen molar-refractivity contribution in [1.29, 1.82) is 0 Å². The van der Waals surface area contributed by atoms with Crippen LogP contribution in [0.25, 0.3) is 11.3 Å². The number of nitrogens with zero attached hydrogens (tertiary/aromatic N) is 2. The van der Waals surface area contributed by atoms with Crippen LogP contribution in [0.5, 0.6) is 0 Å². The maximum atomic E-state index is 12.3. The molecule has 2 aromatic rings. The van der Waals surface area contributed by atoms with Crippen LogP contribution in [0.1, 0.15) is 20.8 Å². The number of nitrogens with one attached hydrogen (secondary N) is 1. The fourth-order valence-electron chi connectivity index (χ4n) is 2.04. The van der Waals surface area contributed by atoms with E-state index in [-0.39, 0.29) is 5.91 Å². The van der Waals surface area contributed by atoms with E-state index in [9.17, 15) is 4.79 Å². The maximum absolute atomic E-state index is 12.3. The second-order valence-corrected chi connectivity index (χ2v) is 6.80. The molecule has 1 aromatic carbocycles. The van der Waals surface area contributed by atoms with Gasteiger partial charge >= 0.3 is 0 Å². The molecule has 0 saturated heterocycles. The summed E-state index contributed by atoms with van der Waals surface area (Å²) in [4.78, 5) is 18.8. The Morgan fingerprint density at radius 1 is 1.17 bits per heavy atom. The summed E-state index contributed by atoms with van der Waals surface area (Å²) in [5, 5.41) is 2.97. The zero-order valence-corrected chi connectivity index (χ0v) is 14.3. The Kier molecular flexibility index (Phi) is 4.59. The lowest BCUT2D eigenvalue weighted by Gasteiger charge is -2.20. The SMILES string of the molecule is CN(C)c1ccnc(-c2ccc(N)cc2NC(=O)C(C)(C)C)c1. The van der Waals surface area contributed by atoms with Crippen LogP contribution in [0.4, 0.5) is 17.1 Å². The van der Waals surface area contributed by atoms with Crippen molar-refractivity contribution < 1.29 is 4.79 Å². The predicted molar refractivity (Wildman–Crippen MR) is 96.5 cm³/mol. The van der Waals surface area contributed by atoms with E-state index in [1.165, 1.54) is 0 Å². The Bertz CT molecular complexity index is 717. The Morgan fingerprint density at radius 2 is 1.87 bits per heavy atom. The van der Waals surface area contributed by atoms with E-state index in [1.54, 1.807) is 12.3 Å². The summed E-state index contributed by atoms with van der Waals surface area (Å²) in [5.74, 6) is -0.0619. The quantitative estimate of drug-likeness (QED) is 0.852. The van der Waals surface area contributed by atoms with Gasteiger partial charge in [0.15, 0.2) is 0 Å². The highest BCUT2D eigenvalue weighted by Crippen LogP contribution is 2.31. The van der Waals surface area contributed by atoms with Gasteiger partial charge in [0.1, 0.15) is 0 Å². The number of pyridine rings is 1. The highest BCUT2D eigenvalue weighted by atomic mass is 16.2. The lowest BCUT2D eigenvalue weighted by Crippen LogP contribution is -2.27. The van der Waals surface area contributed by atoms with Crippen molar-refractivity contribution in [1.82, 2.24) is 4.98 Å². The molecule has 5 nitrogen and oxygen atoms in total. The predicted octanol–water partition coefficient (Wildman–Crippen LogP) is 3.38. The smallest absolute Gasteiger partial charge is 0.229 e. The third-order valence-electron chi connectivity index (χ3n) is 3.51. The third kappa shape index (κ3) is 4.00. The zero-order chi connectivity index (χ0) is 17.2. The molecule has 1 amide bonds. The van der Waals surface area contributed by atoms with E-state index in [2.05, 4.69) is 10.3 Å². The fraction of sp³-hybridized carbons (Fsp3) is 0.333. The van der Waals surface area contributed by atoms with Crippen molar-refractivity contribution in [2.24, 2.45) is 5.41 Å². The number of carbonyl (C=O) groups is 1. The third-order valence-corrected chi connectivity index (χ3v) is 3.51. The molecule has 5 heteroatoms. The van der Waals surface area contributed by atoms with E-state index in [0.29, 0.717) is 11.4 Å². The van der Waals surface area contributed by atoms with Gasteiger partial charge in [0.25, 0.3) is 0 Å². The summed E-state index contributed by atoms with van der Waals surface area (Å²) >= 11 is 0. The van der Waals surface area contributed by atoms with Crippen LogP contribution in [0, 0.1) is 5.41 Å². The van der Waals surface area contributed by atoms with E-state index in [1.807, 2.05) is 64.0 Å². The van der Waals surface area contributed by atoms with Gasteiger partial charge in [-0.05, 0) is 30.3 Å². The number of benzene rings is 1. The lowest BCUT2D eigenvalue weighted by molar-refractivity contribution is -0.123. The summed E-state index contributed by atoms with van der Waals surface area (Å²) < 4.78 is 0. The van der Waals surface area contributed by atoms with Crippen LogP contribution >= 0.6 is 0 Å². The van der Waals surface area contributed by atoms with Gasteiger partial charge in [-0.2, -0.15) is 0 Å². The molecule has 0 radical (unpaired) electrons. The van der Waals surface area contributed by atoms with Gasteiger partial charge < -0.3 is 16.0 Å². The molecular formula is C18H24N4O. The van der Waals surface area contributed by atoms with E-state index in [4.69, 9.17) is 5.73 Å². The molecule has 0 aliphatic carbocycles. The van der Waals surface area contributed by atoms with Crippen LogP contribution in [-0.2, 0) is 4.79 Å². The average Bonchev–Trinajstić information content (AvgIpc) is 2.46. The lowest BCUT2D eigenvalue weighted by atomic mass is 9.95. The van der Waals surface area contributed by atoms with Gasteiger partial charge in [-0.25, -0.2) is 0 Å². The molecule has 0 aliphatic rings. The maximum Gasteiger partial charge on any atom is 0.229 e. The van der Waals surface area contributed by atoms with Gasteiger partial charge in [-0.3, -0.25) is 9.78 Å². The number of nitrogen functional groups attached to an aromatic ring is 1. The van der Waals surface area contributed by atoms with Crippen molar-refractivity contribution in [3.63, 3.8) is 0 Å². The molecule has 122 valence electrons. The molecule has 2 rings (SSSR count). The molecule has 0 fully saturated rings. The highest BCUT2D eigenvalue weighted by Gasteiger charge is 2.22. The second kappa shape index (κ2) is 6.28. The first-order chi connectivity index (χ1) is 10.7. The number of hydrogen-bond donors (Lipinski definition) is 2. The first-order valence-electron chi connectivity index (χ1n) is 7.53. The first-order valence-corrected chi connectivity index (χ1v) is 7.53. The number of carbonyl (C=O) groups excluding carboxylic acids is 1. The molecule has 0 saturated carbocycles. The molecule has 0 atom stereocenters. The highest BCUT2D eigenvalue weighted by molar-refractivity contribution is 5.98. The number of nitrogens with two attached hydrogens (primary N) is 1. The van der Waals surface area contributed by atoms with Gasteiger partial charge in [-0.15, -0.1) is 0 Å². The molecule has 0 aliphatic heterocycles. The average molecular weight is 312 g/mol. The van der Waals surface area contributed by atoms with Crippen molar-refractivity contribution >= 4 is 23.0 Å². The van der Waals surface area contributed by atoms with Crippen LogP contribution in [0.3, 0.4) is 0 Å². The summed E-state index contributed by atoms with van der Waals surface area (Å²) in [6.07, 6.45) is 1.76. The zero-order valence-electron chi connectivity index (χ0n) is 14.3. The van der Waals surface area contributed by atoms with Gasteiger partial charge in [0.05, 0.1) is 11.4 Å². The standard InChI is InChI=1S/C18H24N4O/c1-18(2,3)17(23)21-16-10-12(19)6-7-14(16)15-11-13(22(4)5)8-9-20-15/h6-11H,19H2,1-5H3,(H,21,23). The minimum absolute atomic E-state index is 0.0619. The van der Waals surface area contributed by atoms with Crippen LogP contribution in [-0.4, -0.2) is 25.0 Å². The molecule has 23 heavy (non-hydrogen) atoms. The number of amides is 1. The number of hydrogen-bond acceptors (Lipinski definition) is 4. The summed E-state index contributed by atoms with van der Waals surface area (Å²) in [5.41, 5.74) is 9.36. The van der Waals surface area contributed by atoms with Crippen molar-refractivity contribution in [3.8, 4) is 11.3 Å². The van der Waals surface area contributed by atoms with Crippen molar-refractivity contribution in [2.45, 2.75) is 20.8 Å². The molecule has 0 bridgehead atoms. The summed E-state index contributed by atoms with van der Waals surface area (Å²) in [6.45, 7) is 5.62. The summed E-state index contributed by atoms with van der Waals surface area (Å²) in [7, 11) is 3.95. The van der Waals surface area contributed by atoms with E-state index < -0.39 is 5.41 Å². The molecule has 1 heterocycles. The Morgan fingerprint density at radius 3 is 2.48 bits per heavy atom. The molecule has 0 unspecified atom stereocenters. The number of aromatic nitrogens is 1. The Labute approximate surface area is 137 Å². The monoisotopic (exact) mass is 312 g/mol. The van der Waals surface area contributed by atoms with E-state index >= 15 is 0 Å². The van der Waals surface area contributed by atoms with Gasteiger partial charge in [0, 0.05) is 42.6 Å². The molecule has 0 spiro atoms.